The van der Waals surface area contributed by atoms with E-state index in [1.807, 2.05) is 24.5 Å². The van der Waals surface area contributed by atoms with Crippen molar-refractivity contribution < 1.29 is 4.39 Å². The summed E-state index contributed by atoms with van der Waals surface area (Å²) < 4.78 is 13.4. The third-order valence-corrected chi connectivity index (χ3v) is 6.01. The van der Waals surface area contributed by atoms with Gasteiger partial charge in [0.2, 0.25) is 0 Å². The Bertz CT molecular complexity index is 1000. The van der Waals surface area contributed by atoms with Crippen molar-refractivity contribution in [3.05, 3.63) is 78.1 Å². The predicted molar refractivity (Wildman–Crippen MR) is 110 cm³/mol. The van der Waals surface area contributed by atoms with Crippen molar-refractivity contribution in [1.82, 2.24) is 14.9 Å². The molecule has 2 aliphatic rings. The van der Waals surface area contributed by atoms with Gasteiger partial charge in [-0.2, -0.15) is 0 Å². The summed E-state index contributed by atoms with van der Waals surface area (Å²) in [5.74, 6) is 0.921. The van der Waals surface area contributed by atoms with Crippen LogP contribution in [0.2, 0.25) is 0 Å². The molecule has 5 rings (SSSR count). The van der Waals surface area contributed by atoms with Crippen molar-refractivity contribution >= 4 is 0 Å². The van der Waals surface area contributed by atoms with E-state index in [0.29, 0.717) is 5.92 Å². The average Bonchev–Trinajstić information content (AvgIpc) is 3.31. The van der Waals surface area contributed by atoms with Crippen LogP contribution in [0.1, 0.15) is 31.2 Å². The van der Waals surface area contributed by atoms with Crippen LogP contribution < -0.4 is 0 Å². The number of aromatic amines is 1. The van der Waals surface area contributed by atoms with Crippen molar-refractivity contribution in [3.8, 4) is 22.4 Å². The molecule has 2 aliphatic heterocycles. The van der Waals surface area contributed by atoms with Gasteiger partial charge in [-0.05, 0) is 71.8 Å². The number of hydrogen-bond donors (Lipinski definition) is 1. The minimum absolute atomic E-state index is 0.214. The number of hydrogen-bond acceptors (Lipinski definition) is 2. The maximum Gasteiger partial charge on any atom is 0.123 e. The normalized spacial score (nSPS) is 21.5. The highest BCUT2D eigenvalue weighted by atomic mass is 19.1. The highest BCUT2D eigenvalue weighted by Crippen LogP contribution is 2.42. The number of H-pyrrole nitrogens is 1. The third-order valence-electron chi connectivity index (χ3n) is 6.01. The molecular formula is C24H24FN3. The SMILES string of the molecule is CC1CC2=CC(c3c[nH]c(-c4ccc(F)cc4)c3-c3ccncc3)CCN2C1. The van der Waals surface area contributed by atoms with Crippen LogP contribution in [0.4, 0.5) is 4.39 Å². The number of fused-ring (bicyclic) bond motifs is 1. The molecule has 1 saturated heterocycles. The molecule has 0 radical (unpaired) electrons. The van der Waals surface area contributed by atoms with E-state index < -0.39 is 0 Å². The largest absolute Gasteiger partial charge is 0.375 e. The Balaban J connectivity index is 1.62. The van der Waals surface area contributed by atoms with Crippen LogP contribution in [0, 0.1) is 11.7 Å². The Kier molecular flexibility index (Phi) is 4.27. The summed E-state index contributed by atoms with van der Waals surface area (Å²) in [5.41, 5.74) is 7.20. The van der Waals surface area contributed by atoms with Crippen LogP contribution in [-0.4, -0.2) is 28.0 Å². The van der Waals surface area contributed by atoms with E-state index in [4.69, 9.17) is 0 Å². The zero-order chi connectivity index (χ0) is 19.1. The first-order chi connectivity index (χ1) is 13.7. The van der Waals surface area contributed by atoms with Gasteiger partial charge in [0, 0.05) is 48.9 Å². The number of allylic oxidation sites excluding steroid dienone is 2. The summed E-state index contributed by atoms with van der Waals surface area (Å²) in [7, 11) is 0. The predicted octanol–water partition coefficient (Wildman–Crippen LogP) is 5.60. The maximum atomic E-state index is 13.4. The van der Waals surface area contributed by atoms with Crippen molar-refractivity contribution in [1.29, 1.82) is 0 Å². The number of halogens is 1. The molecule has 2 aromatic heterocycles. The summed E-state index contributed by atoms with van der Waals surface area (Å²) in [6, 6.07) is 10.8. The Hall–Kier alpha value is -2.88. The number of aromatic nitrogens is 2. The van der Waals surface area contributed by atoms with Gasteiger partial charge in [0.15, 0.2) is 0 Å². The van der Waals surface area contributed by atoms with Gasteiger partial charge >= 0.3 is 0 Å². The fraction of sp³-hybridized carbons (Fsp3) is 0.292. The molecule has 0 aliphatic carbocycles. The lowest BCUT2D eigenvalue weighted by molar-refractivity contribution is 0.341. The smallest absolute Gasteiger partial charge is 0.123 e. The van der Waals surface area contributed by atoms with E-state index >= 15 is 0 Å². The van der Waals surface area contributed by atoms with Crippen molar-refractivity contribution in [2.45, 2.75) is 25.7 Å². The minimum Gasteiger partial charge on any atom is -0.375 e. The van der Waals surface area contributed by atoms with Crippen LogP contribution in [0.3, 0.4) is 0 Å². The van der Waals surface area contributed by atoms with E-state index in [0.717, 1.165) is 35.7 Å². The van der Waals surface area contributed by atoms with Crippen LogP contribution in [0.25, 0.3) is 22.4 Å². The highest BCUT2D eigenvalue weighted by molar-refractivity contribution is 5.84. The highest BCUT2D eigenvalue weighted by Gasteiger charge is 2.30. The van der Waals surface area contributed by atoms with Crippen LogP contribution in [0.5, 0.6) is 0 Å². The third kappa shape index (κ3) is 3.03. The van der Waals surface area contributed by atoms with E-state index in [-0.39, 0.29) is 5.82 Å². The lowest BCUT2D eigenvalue weighted by Crippen LogP contribution is -2.25. The quantitative estimate of drug-likeness (QED) is 0.648. The molecule has 1 fully saturated rings. The molecule has 0 spiro atoms. The second-order valence-electron chi connectivity index (χ2n) is 8.05. The maximum absolute atomic E-state index is 13.4. The van der Waals surface area contributed by atoms with Gasteiger partial charge in [0.05, 0.1) is 5.69 Å². The molecule has 4 heteroatoms. The number of benzene rings is 1. The summed E-state index contributed by atoms with van der Waals surface area (Å²) in [6.07, 6.45) is 10.6. The van der Waals surface area contributed by atoms with Gasteiger partial charge < -0.3 is 9.88 Å². The van der Waals surface area contributed by atoms with Crippen LogP contribution in [-0.2, 0) is 0 Å². The molecule has 1 aromatic carbocycles. The van der Waals surface area contributed by atoms with Gasteiger partial charge in [-0.1, -0.05) is 13.0 Å². The number of rotatable bonds is 3. The Morgan fingerprint density at radius 2 is 1.86 bits per heavy atom. The fourth-order valence-electron chi connectivity index (χ4n) is 4.71. The van der Waals surface area contributed by atoms with E-state index in [9.17, 15) is 4.39 Å². The van der Waals surface area contributed by atoms with E-state index in [1.54, 1.807) is 0 Å². The van der Waals surface area contributed by atoms with E-state index in [2.05, 4.69) is 46.2 Å². The topological polar surface area (TPSA) is 31.9 Å². The molecule has 0 saturated carbocycles. The lowest BCUT2D eigenvalue weighted by Gasteiger charge is -2.29. The monoisotopic (exact) mass is 373 g/mol. The fourth-order valence-corrected chi connectivity index (χ4v) is 4.71. The van der Waals surface area contributed by atoms with Crippen LogP contribution in [0.15, 0.2) is 66.8 Å². The number of nitrogens with one attached hydrogen (secondary N) is 1. The average molecular weight is 373 g/mol. The molecule has 2 unspecified atom stereocenters. The zero-order valence-corrected chi connectivity index (χ0v) is 16.0. The molecular weight excluding hydrogens is 349 g/mol. The first-order valence-corrected chi connectivity index (χ1v) is 10.0. The van der Waals surface area contributed by atoms with E-state index in [1.165, 1.54) is 41.9 Å². The van der Waals surface area contributed by atoms with Gasteiger partial charge in [-0.25, -0.2) is 4.39 Å². The van der Waals surface area contributed by atoms with Gasteiger partial charge in [0.1, 0.15) is 5.82 Å². The Morgan fingerprint density at radius 1 is 1.07 bits per heavy atom. The van der Waals surface area contributed by atoms with Crippen LogP contribution >= 0.6 is 0 Å². The van der Waals surface area contributed by atoms with Gasteiger partial charge in [0.25, 0.3) is 0 Å². The molecule has 4 heterocycles. The molecule has 3 aromatic rings. The minimum atomic E-state index is -0.214. The lowest BCUT2D eigenvalue weighted by atomic mass is 9.87. The van der Waals surface area contributed by atoms with Crippen molar-refractivity contribution in [3.63, 3.8) is 0 Å². The zero-order valence-electron chi connectivity index (χ0n) is 16.0. The molecule has 3 nitrogen and oxygen atoms in total. The number of pyridine rings is 1. The molecule has 2 atom stereocenters. The molecule has 142 valence electrons. The summed E-state index contributed by atoms with van der Waals surface area (Å²) in [6.45, 7) is 4.64. The van der Waals surface area contributed by atoms with Gasteiger partial charge in [-0.3, -0.25) is 4.98 Å². The molecule has 0 amide bonds. The summed E-state index contributed by atoms with van der Waals surface area (Å²) in [5, 5.41) is 0. The summed E-state index contributed by atoms with van der Waals surface area (Å²) >= 11 is 0. The second kappa shape index (κ2) is 6.93. The van der Waals surface area contributed by atoms with Crippen molar-refractivity contribution in [2.75, 3.05) is 13.1 Å². The molecule has 1 N–H and O–H groups in total. The standard InChI is InChI=1S/C24H24FN3/c1-16-12-21-13-19(8-11-28(21)15-16)22-14-27-24(18-2-4-20(25)5-3-18)23(22)17-6-9-26-10-7-17/h2-7,9-10,13-14,16,19,27H,8,11-12,15H2,1H3. The van der Waals surface area contributed by atoms with Crippen molar-refractivity contribution in [2.24, 2.45) is 5.92 Å². The first kappa shape index (κ1) is 17.2. The second-order valence-corrected chi connectivity index (χ2v) is 8.05. The Labute approximate surface area is 164 Å². The van der Waals surface area contributed by atoms with Gasteiger partial charge in [-0.15, -0.1) is 0 Å². The Morgan fingerprint density at radius 3 is 2.64 bits per heavy atom. The first-order valence-electron chi connectivity index (χ1n) is 10.0. The molecule has 0 bridgehead atoms. The molecule has 28 heavy (non-hydrogen) atoms. The summed E-state index contributed by atoms with van der Waals surface area (Å²) in [4.78, 5) is 10.2. The number of nitrogens with zero attached hydrogens (tertiary/aromatic N) is 2.